The van der Waals surface area contributed by atoms with Gasteiger partial charge in [-0.1, -0.05) is 19.9 Å². The number of carbonyl (C=O) groups excluding carboxylic acids is 1. The number of H-pyrrole nitrogens is 1. The van der Waals surface area contributed by atoms with E-state index in [0.29, 0.717) is 17.6 Å². The third kappa shape index (κ3) is 3.76. The van der Waals surface area contributed by atoms with Crippen LogP contribution in [0.1, 0.15) is 74.3 Å². The van der Waals surface area contributed by atoms with Crippen LogP contribution < -0.4 is 0 Å². The third-order valence-corrected chi connectivity index (χ3v) is 7.61. The summed E-state index contributed by atoms with van der Waals surface area (Å²) in [6, 6.07) is 15.0. The summed E-state index contributed by atoms with van der Waals surface area (Å²) in [6.07, 6.45) is 0. The topological polar surface area (TPSA) is 59.9 Å². The zero-order valence-electron chi connectivity index (χ0n) is 19.7. The van der Waals surface area contributed by atoms with Crippen LogP contribution in [-0.4, -0.2) is 40.0 Å². The van der Waals surface area contributed by atoms with Gasteiger partial charge in [0.15, 0.2) is 5.78 Å². The van der Waals surface area contributed by atoms with Crippen molar-refractivity contribution >= 4 is 28.4 Å². The van der Waals surface area contributed by atoms with Crippen LogP contribution in [0.5, 0.6) is 0 Å². The van der Waals surface area contributed by atoms with Gasteiger partial charge in [-0.3, -0.25) is 9.69 Å². The van der Waals surface area contributed by atoms with E-state index in [0.717, 1.165) is 45.6 Å². The quantitative estimate of drug-likeness (QED) is 0.464. The van der Waals surface area contributed by atoms with Crippen LogP contribution in [-0.2, 0) is 5.41 Å². The number of benzene rings is 2. The second-order valence-corrected chi connectivity index (χ2v) is 10.9. The van der Waals surface area contributed by atoms with Crippen molar-refractivity contribution < 1.29 is 4.79 Å². The molecular formula is C27H31N3OS. The van der Waals surface area contributed by atoms with E-state index in [2.05, 4.69) is 69.6 Å². The van der Waals surface area contributed by atoms with E-state index in [9.17, 15) is 10.1 Å². The summed E-state index contributed by atoms with van der Waals surface area (Å²) >= 11 is 1.85. The van der Waals surface area contributed by atoms with Gasteiger partial charge in [-0.2, -0.15) is 5.26 Å². The molecule has 0 saturated heterocycles. The fourth-order valence-corrected chi connectivity index (χ4v) is 5.85. The highest BCUT2D eigenvalue weighted by atomic mass is 32.2. The van der Waals surface area contributed by atoms with Crippen molar-refractivity contribution in [3.8, 4) is 6.07 Å². The molecule has 2 aromatic carbocycles. The zero-order valence-corrected chi connectivity index (χ0v) is 20.6. The Morgan fingerprint density at radius 1 is 1.09 bits per heavy atom. The van der Waals surface area contributed by atoms with E-state index in [1.54, 1.807) is 6.07 Å². The van der Waals surface area contributed by atoms with Crippen molar-refractivity contribution in [2.75, 3.05) is 12.3 Å². The van der Waals surface area contributed by atoms with E-state index < -0.39 is 0 Å². The molecule has 0 spiro atoms. The predicted octanol–water partition coefficient (Wildman–Crippen LogP) is 6.12. The lowest BCUT2D eigenvalue weighted by atomic mass is 9.71. The summed E-state index contributed by atoms with van der Waals surface area (Å²) in [7, 11) is 0. The van der Waals surface area contributed by atoms with Crippen LogP contribution in [0.15, 0.2) is 41.3 Å². The Morgan fingerprint density at radius 3 is 2.47 bits per heavy atom. The average molecular weight is 446 g/mol. The number of aromatic amines is 1. The second kappa shape index (κ2) is 8.42. The number of aromatic nitrogens is 1. The van der Waals surface area contributed by atoms with E-state index in [4.69, 9.17) is 0 Å². The van der Waals surface area contributed by atoms with Gasteiger partial charge in [0, 0.05) is 56.9 Å². The Kier molecular flexibility index (Phi) is 5.96. The van der Waals surface area contributed by atoms with Gasteiger partial charge in [-0.15, -0.1) is 11.8 Å². The maximum atomic E-state index is 13.5. The van der Waals surface area contributed by atoms with Gasteiger partial charge in [0.2, 0.25) is 0 Å². The van der Waals surface area contributed by atoms with Gasteiger partial charge in [-0.05, 0) is 63.6 Å². The number of nitrogens with one attached hydrogen (secondary N) is 1. The van der Waals surface area contributed by atoms with Crippen molar-refractivity contribution in [2.45, 2.75) is 63.9 Å². The molecule has 4 nitrogen and oxygen atoms in total. The molecule has 0 bridgehead atoms. The van der Waals surface area contributed by atoms with Gasteiger partial charge in [-0.25, -0.2) is 0 Å². The van der Waals surface area contributed by atoms with Crippen LogP contribution in [0, 0.1) is 11.3 Å². The molecule has 4 rings (SSSR count). The predicted molar refractivity (Wildman–Crippen MR) is 133 cm³/mol. The van der Waals surface area contributed by atoms with Gasteiger partial charge < -0.3 is 4.98 Å². The van der Waals surface area contributed by atoms with Crippen molar-refractivity contribution in [1.82, 2.24) is 9.88 Å². The Labute approximate surface area is 195 Å². The third-order valence-electron chi connectivity index (χ3n) is 6.63. The van der Waals surface area contributed by atoms with Crippen molar-refractivity contribution in [2.24, 2.45) is 0 Å². The Morgan fingerprint density at radius 2 is 1.81 bits per heavy atom. The van der Waals surface area contributed by atoms with Crippen molar-refractivity contribution in [1.29, 1.82) is 5.26 Å². The minimum Gasteiger partial charge on any atom is -0.357 e. The maximum absolute atomic E-state index is 13.5. The minimum absolute atomic E-state index is 0.0626. The van der Waals surface area contributed by atoms with E-state index in [-0.39, 0.29) is 11.2 Å². The summed E-state index contributed by atoms with van der Waals surface area (Å²) in [5.41, 5.74) is 4.64. The second-order valence-electron chi connectivity index (χ2n) is 9.68. The lowest BCUT2D eigenvalue weighted by Gasteiger charge is -2.32. The molecule has 1 aliphatic carbocycles. The smallest absolute Gasteiger partial charge is 0.195 e. The van der Waals surface area contributed by atoms with Crippen LogP contribution in [0.4, 0.5) is 0 Å². The number of nitriles is 1. The molecule has 0 aliphatic heterocycles. The zero-order chi connectivity index (χ0) is 23.2. The summed E-state index contributed by atoms with van der Waals surface area (Å²) in [5.74, 6) is 1.07. The minimum atomic E-state index is -0.330. The molecule has 1 N–H and O–H groups in total. The molecule has 5 heteroatoms. The summed E-state index contributed by atoms with van der Waals surface area (Å²) in [6.45, 7) is 14.4. The van der Waals surface area contributed by atoms with Gasteiger partial charge >= 0.3 is 0 Å². The van der Waals surface area contributed by atoms with Gasteiger partial charge in [0.25, 0.3) is 0 Å². The first-order valence-electron chi connectivity index (χ1n) is 11.3. The first-order valence-corrected chi connectivity index (χ1v) is 12.3. The molecule has 1 heterocycles. The van der Waals surface area contributed by atoms with Gasteiger partial charge in [0.05, 0.1) is 17.2 Å². The molecular weight excluding hydrogens is 414 g/mol. The first kappa shape index (κ1) is 22.6. The SMILES string of the molecule is CC(C)N(CCSc1ccc2c(c1)C(C)(C)c1[nH]c3cc(C#N)ccc3c1C2=O)C(C)C. The molecule has 0 unspecified atom stereocenters. The van der Waals surface area contributed by atoms with Crippen LogP contribution in [0.2, 0.25) is 0 Å². The molecule has 166 valence electrons. The molecule has 1 aliphatic rings. The van der Waals surface area contributed by atoms with Crippen molar-refractivity contribution in [3.63, 3.8) is 0 Å². The average Bonchev–Trinajstić information content (AvgIpc) is 3.14. The molecule has 32 heavy (non-hydrogen) atoms. The lowest BCUT2D eigenvalue weighted by Crippen LogP contribution is -2.38. The number of rotatable bonds is 6. The summed E-state index contributed by atoms with van der Waals surface area (Å²) in [4.78, 5) is 20.7. The highest BCUT2D eigenvalue weighted by molar-refractivity contribution is 7.99. The molecule has 0 radical (unpaired) electrons. The number of hydrogen-bond donors (Lipinski definition) is 1. The van der Waals surface area contributed by atoms with E-state index in [1.165, 1.54) is 4.90 Å². The molecule has 0 atom stereocenters. The Hall–Kier alpha value is -2.55. The fraction of sp³-hybridized carbons (Fsp3) is 0.407. The number of carbonyl (C=O) groups is 1. The normalized spacial score (nSPS) is 14.8. The van der Waals surface area contributed by atoms with Crippen LogP contribution in [0.25, 0.3) is 10.9 Å². The fourth-order valence-electron chi connectivity index (χ4n) is 4.95. The number of thioether (sulfide) groups is 1. The largest absolute Gasteiger partial charge is 0.357 e. The Bertz CT molecular complexity index is 1220. The van der Waals surface area contributed by atoms with Crippen LogP contribution >= 0.6 is 11.8 Å². The number of ketones is 1. The van der Waals surface area contributed by atoms with Crippen LogP contribution in [0.3, 0.4) is 0 Å². The number of nitrogens with zero attached hydrogens (tertiary/aromatic N) is 2. The molecule has 1 aromatic heterocycles. The standard InChI is InChI=1S/C27H31N3OS/c1-16(2)30(17(3)4)11-12-32-19-8-10-20-22(14-19)27(5,6)26-24(25(20)31)21-9-7-18(15-28)13-23(21)29-26/h7-10,13-14,16-17,29H,11-12H2,1-6H3. The monoisotopic (exact) mass is 445 g/mol. The molecule has 0 amide bonds. The lowest BCUT2D eigenvalue weighted by molar-refractivity contribution is 0.103. The molecule has 0 saturated carbocycles. The number of hydrogen-bond acceptors (Lipinski definition) is 4. The van der Waals surface area contributed by atoms with Gasteiger partial charge in [0.1, 0.15) is 0 Å². The van der Waals surface area contributed by atoms with E-state index >= 15 is 0 Å². The summed E-state index contributed by atoms with van der Waals surface area (Å²) in [5, 5.41) is 10.1. The maximum Gasteiger partial charge on any atom is 0.195 e. The first-order chi connectivity index (χ1) is 15.1. The highest BCUT2D eigenvalue weighted by Gasteiger charge is 2.39. The van der Waals surface area contributed by atoms with Crippen molar-refractivity contribution in [3.05, 3.63) is 64.3 Å². The number of fused-ring (bicyclic) bond motifs is 4. The highest BCUT2D eigenvalue weighted by Crippen LogP contribution is 2.44. The summed E-state index contributed by atoms with van der Waals surface area (Å²) < 4.78 is 0. The van der Waals surface area contributed by atoms with E-state index in [1.807, 2.05) is 30.0 Å². The molecule has 3 aromatic rings. The Balaban J connectivity index is 1.66. The molecule has 0 fully saturated rings.